The number of hydrogen-bond acceptors (Lipinski definition) is 3. The Labute approximate surface area is 87.9 Å². The van der Waals surface area contributed by atoms with E-state index in [1.54, 1.807) is 18.2 Å². The van der Waals surface area contributed by atoms with Crippen LogP contribution in [0.3, 0.4) is 0 Å². The summed E-state index contributed by atoms with van der Waals surface area (Å²) in [6.45, 7) is 3.61. The lowest BCUT2D eigenvalue weighted by Crippen LogP contribution is -2.19. The first-order chi connectivity index (χ1) is 7.15. The van der Waals surface area contributed by atoms with Gasteiger partial charge in [-0.25, -0.2) is 4.79 Å². The highest BCUT2D eigenvalue weighted by Gasteiger charge is 2.09. The largest absolute Gasteiger partial charge is 0.411 e. The number of hydrogen-bond donors (Lipinski definition) is 2. The summed E-state index contributed by atoms with van der Waals surface area (Å²) in [6, 6.07) is 7.15. The van der Waals surface area contributed by atoms with Crippen molar-refractivity contribution in [3.63, 3.8) is 0 Å². The number of benzene rings is 1. The summed E-state index contributed by atoms with van der Waals surface area (Å²) < 4.78 is 4.51. The fraction of sp³-hybridized carbons (Fsp3) is 0.0909. The van der Waals surface area contributed by atoms with Gasteiger partial charge in [0.2, 0.25) is 5.90 Å². The predicted octanol–water partition coefficient (Wildman–Crippen LogP) is 1.84. The maximum Gasteiger partial charge on any atom is 0.411 e. The Morgan fingerprint density at radius 3 is 2.80 bits per heavy atom. The molecule has 1 aromatic rings. The van der Waals surface area contributed by atoms with Crippen LogP contribution >= 0.6 is 0 Å². The van der Waals surface area contributed by atoms with Crippen LogP contribution in [0.15, 0.2) is 36.9 Å². The molecule has 1 aromatic carbocycles. The molecule has 0 heterocycles. The van der Waals surface area contributed by atoms with Crippen molar-refractivity contribution in [2.75, 3.05) is 0 Å². The first kappa shape index (κ1) is 11.0. The molecule has 0 unspecified atom stereocenters. The first-order valence-electron chi connectivity index (χ1n) is 4.40. The molecule has 3 N–H and O–H groups in total. The summed E-state index contributed by atoms with van der Waals surface area (Å²) in [7, 11) is 0. The van der Waals surface area contributed by atoms with E-state index in [0.717, 1.165) is 5.56 Å². The average Bonchev–Trinajstić information content (AvgIpc) is 2.18. The molecule has 4 heteroatoms. The standard InChI is InChI=1S/C11H12N2O2/c1-2-5-8-6-3-4-7-9(8)10(12)15-11(13)14/h2-4,6-7,12H,1,5H2,(H2,13,14). The van der Waals surface area contributed by atoms with Gasteiger partial charge in [0.15, 0.2) is 0 Å². The molecule has 0 radical (unpaired) electrons. The number of carbonyl (C=O) groups is 1. The van der Waals surface area contributed by atoms with Crippen molar-refractivity contribution < 1.29 is 9.53 Å². The second-order valence-corrected chi connectivity index (χ2v) is 2.90. The summed E-state index contributed by atoms with van der Waals surface area (Å²) in [5.74, 6) is -0.236. The molecule has 0 aliphatic rings. The van der Waals surface area contributed by atoms with Crippen LogP contribution in [0.5, 0.6) is 0 Å². The number of nitrogens with one attached hydrogen (secondary N) is 1. The van der Waals surface area contributed by atoms with E-state index in [4.69, 9.17) is 11.1 Å². The van der Waals surface area contributed by atoms with E-state index in [0.29, 0.717) is 12.0 Å². The van der Waals surface area contributed by atoms with Crippen LogP contribution < -0.4 is 5.73 Å². The Morgan fingerprint density at radius 1 is 1.53 bits per heavy atom. The molecule has 15 heavy (non-hydrogen) atoms. The van der Waals surface area contributed by atoms with Crippen LogP contribution in [0.25, 0.3) is 0 Å². The fourth-order valence-electron chi connectivity index (χ4n) is 1.23. The van der Waals surface area contributed by atoms with Crippen molar-refractivity contribution in [2.24, 2.45) is 5.73 Å². The van der Waals surface area contributed by atoms with Crippen LogP contribution in [0.1, 0.15) is 11.1 Å². The second-order valence-electron chi connectivity index (χ2n) is 2.90. The van der Waals surface area contributed by atoms with Gasteiger partial charge in [0, 0.05) is 5.56 Å². The van der Waals surface area contributed by atoms with Crippen LogP contribution in [0.4, 0.5) is 4.79 Å². The van der Waals surface area contributed by atoms with Crippen LogP contribution in [-0.2, 0) is 11.2 Å². The third kappa shape index (κ3) is 2.95. The molecule has 0 saturated heterocycles. The van der Waals surface area contributed by atoms with Gasteiger partial charge >= 0.3 is 6.09 Å². The quantitative estimate of drug-likeness (QED) is 0.447. The lowest BCUT2D eigenvalue weighted by molar-refractivity contribution is 0.208. The number of ether oxygens (including phenoxy) is 1. The lowest BCUT2D eigenvalue weighted by atomic mass is 10.0. The van der Waals surface area contributed by atoms with Gasteiger partial charge in [0.05, 0.1) is 0 Å². The molecule has 0 saturated carbocycles. The van der Waals surface area contributed by atoms with Crippen molar-refractivity contribution in [3.05, 3.63) is 48.0 Å². The minimum absolute atomic E-state index is 0.236. The van der Waals surface area contributed by atoms with E-state index in [9.17, 15) is 4.79 Å². The molecular formula is C11H12N2O2. The molecule has 0 aliphatic carbocycles. The van der Waals surface area contributed by atoms with Crippen molar-refractivity contribution in [1.29, 1.82) is 5.41 Å². The molecule has 0 fully saturated rings. The minimum atomic E-state index is -0.978. The van der Waals surface area contributed by atoms with Crippen LogP contribution in [-0.4, -0.2) is 12.0 Å². The van der Waals surface area contributed by atoms with Gasteiger partial charge in [-0.3, -0.25) is 5.41 Å². The topological polar surface area (TPSA) is 76.2 Å². The molecule has 0 aliphatic heterocycles. The molecule has 78 valence electrons. The van der Waals surface area contributed by atoms with Gasteiger partial charge in [-0.1, -0.05) is 24.3 Å². The third-order valence-corrected chi connectivity index (χ3v) is 1.83. The van der Waals surface area contributed by atoms with Gasteiger partial charge in [-0.15, -0.1) is 6.58 Å². The van der Waals surface area contributed by atoms with E-state index < -0.39 is 6.09 Å². The van der Waals surface area contributed by atoms with Gasteiger partial charge in [-0.05, 0) is 18.1 Å². The predicted molar refractivity (Wildman–Crippen MR) is 57.8 cm³/mol. The Hall–Kier alpha value is -2.10. The Morgan fingerprint density at radius 2 is 2.20 bits per heavy atom. The minimum Gasteiger partial charge on any atom is -0.391 e. The maximum atomic E-state index is 10.5. The number of nitrogens with two attached hydrogens (primary N) is 1. The molecular weight excluding hydrogens is 192 g/mol. The highest BCUT2D eigenvalue weighted by Crippen LogP contribution is 2.11. The molecule has 0 aromatic heterocycles. The zero-order valence-electron chi connectivity index (χ0n) is 8.19. The lowest BCUT2D eigenvalue weighted by Gasteiger charge is -2.07. The second kappa shape index (κ2) is 4.95. The normalized spacial score (nSPS) is 9.33. The highest BCUT2D eigenvalue weighted by atomic mass is 16.6. The zero-order chi connectivity index (χ0) is 11.3. The van der Waals surface area contributed by atoms with Gasteiger partial charge in [-0.2, -0.15) is 0 Å². The first-order valence-corrected chi connectivity index (χ1v) is 4.40. The van der Waals surface area contributed by atoms with Crippen LogP contribution in [0.2, 0.25) is 0 Å². The van der Waals surface area contributed by atoms with Crippen molar-refractivity contribution in [1.82, 2.24) is 0 Å². The van der Waals surface area contributed by atoms with Gasteiger partial charge in [0.25, 0.3) is 0 Å². The Bertz CT molecular complexity index is 399. The Kier molecular flexibility index (Phi) is 3.62. The summed E-state index contributed by atoms with van der Waals surface area (Å²) in [5, 5.41) is 7.52. The Balaban J connectivity index is 2.96. The number of carbonyl (C=O) groups excluding carboxylic acids is 1. The van der Waals surface area contributed by atoms with Crippen molar-refractivity contribution in [2.45, 2.75) is 6.42 Å². The number of allylic oxidation sites excluding steroid dienone is 1. The van der Waals surface area contributed by atoms with E-state index in [1.165, 1.54) is 0 Å². The molecule has 4 nitrogen and oxygen atoms in total. The average molecular weight is 204 g/mol. The molecule has 1 amide bonds. The fourth-order valence-corrected chi connectivity index (χ4v) is 1.23. The van der Waals surface area contributed by atoms with E-state index in [1.807, 2.05) is 12.1 Å². The van der Waals surface area contributed by atoms with Crippen molar-refractivity contribution in [3.8, 4) is 0 Å². The molecule has 1 rings (SSSR count). The van der Waals surface area contributed by atoms with E-state index in [-0.39, 0.29) is 5.90 Å². The van der Waals surface area contributed by atoms with E-state index in [2.05, 4.69) is 11.3 Å². The van der Waals surface area contributed by atoms with Crippen LogP contribution in [0, 0.1) is 5.41 Å². The van der Waals surface area contributed by atoms with Crippen molar-refractivity contribution >= 4 is 12.0 Å². The SMILES string of the molecule is C=CCc1ccccc1C(=N)OC(N)=O. The molecule has 0 atom stereocenters. The highest BCUT2D eigenvalue weighted by molar-refractivity contribution is 5.98. The third-order valence-electron chi connectivity index (χ3n) is 1.83. The monoisotopic (exact) mass is 204 g/mol. The van der Waals surface area contributed by atoms with Gasteiger partial charge < -0.3 is 10.5 Å². The molecule has 0 bridgehead atoms. The number of rotatable bonds is 3. The maximum absolute atomic E-state index is 10.5. The number of primary amides is 1. The summed E-state index contributed by atoms with van der Waals surface area (Å²) in [4.78, 5) is 10.5. The molecule has 0 spiro atoms. The smallest absolute Gasteiger partial charge is 0.391 e. The zero-order valence-corrected chi connectivity index (χ0v) is 8.19. The summed E-state index contributed by atoms with van der Waals surface area (Å²) in [5.41, 5.74) is 6.26. The van der Waals surface area contributed by atoms with E-state index >= 15 is 0 Å². The number of amides is 1. The summed E-state index contributed by atoms with van der Waals surface area (Å²) in [6.07, 6.45) is 1.35. The van der Waals surface area contributed by atoms with Gasteiger partial charge in [0.1, 0.15) is 0 Å². The summed E-state index contributed by atoms with van der Waals surface area (Å²) >= 11 is 0.